The molecule has 0 aliphatic heterocycles. The van der Waals surface area contributed by atoms with E-state index in [0.29, 0.717) is 5.75 Å². The summed E-state index contributed by atoms with van der Waals surface area (Å²) in [6, 6.07) is 4.17. The van der Waals surface area contributed by atoms with Crippen molar-refractivity contribution in [2.24, 2.45) is 5.92 Å². The second kappa shape index (κ2) is 9.40. The Morgan fingerprint density at radius 2 is 1.92 bits per heavy atom. The van der Waals surface area contributed by atoms with E-state index in [4.69, 9.17) is 51.8 Å². The van der Waals surface area contributed by atoms with Crippen LogP contribution in [-0.2, 0) is 4.79 Å². The molecular formula is C14H17Cl3N4O4S. The van der Waals surface area contributed by atoms with Gasteiger partial charge in [-0.2, -0.15) is 0 Å². The number of halogens is 3. The minimum Gasteiger partial charge on any atom is -0.496 e. The van der Waals surface area contributed by atoms with E-state index >= 15 is 0 Å². The lowest BCUT2D eigenvalue weighted by Crippen LogP contribution is -2.56. The van der Waals surface area contributed by atoms with Gasteiger partial charge in [-0.1, -0.05) is 48.7 Å². The Labute approximate surface area is 170 Å². The lowest BCUT2D eigenvalue weighted by Gasteiger charge is -2.28. The molecule has 1 amide bonds. The van der Waals surface area contributed by atoms with E-state index in [-0.39, 0.29) is 28.3 Å². The minimum atomic E-state index is -1.91. The third-order valence-corrected chi connectivity index (χ3v) is 3.94. The first-order chi connectivity index (χ1) is 12.0. The number of rotatable bonds is 6. The summed E-state index contributed by atoms with van der Waals surface area (Å²) >= 11 is 22.7. The highest BCUT2D eigenvalue weighted by molar-refractivity contribution is 7.80. The van der Waals surface area contributed by atoms with Crippen molar-refractivity contribution in [1.29, 1.82) is 0 Å². The zero-order chi connectivity index (χ0) is 20.1. The molecule has 0 aliphatic rings. The average Bonchev–Trinajstić information content (AvgIpc) is 2.53. The maximum absolute atomic E-state index is 11.9. The average molecular weight is 444 g/mol. The highest BCUT2D eigenvalue weighted by Gasteiger charge is 2.35. The molecule has 8 nitrogen and oxygen atoms in total. The highest BCUT2D eigenvalue weighted by atomic mass is 35.6. The van der Waals surface area contributed by atoms with Crippen molar-refractivity contribution >= 4 is 69.4 Å². The molecule has 0 fully saturated rings. The number of ether oxygens (including phenoxy) is 1. The van der Waals surface area contributed by atoms with Crippen molar-refractivity contribution in [1.82, 2.24) is 10.6 Å². The first kappa shape index (κ1) is 22.5. The van der Waals surface area contributed by atoms with Gasteiger partial charge in [-0.25, -0.2) is 0 Å². The fourth-order valence-electron chi connectivity index (χ4n) is 1.69. The summed E-state index contributed by atoms with van der Waals surface area (Å²) in [4.78, 5) is 22.5. The van der Waals surface area contributed by atoms with E-state index < -0.39 is 14.9 Å². The molecule has 0 heterocycles. The number of anilines is 1. The highest BCUT2D eigenvalue weighted by Crippen LogP contribution is 2.31. The Balaban J connectivity index is 2.95. The topological polar surface area (TPSA) is 106 Å². The molecule has 1 aromatic rings. The Morgan fingerprint density at radius 3 is 2.38 bits per heavy atom. The molecule has 1 rings (SSSR count). The predicted molar refractivity (Wildman–Crippen MR) is 106 cm³/mol. The van der Waals surface area contributed by atoms with E-state index in [0.717, 1.165) is 0 Å². The largest absolute Gasteiger partial charge is 0.496 e. The number of carbonyl (C=O) groups excluding carboxylic acids is 1. The Hall–Kier alpha value is -1.55. The molecule has 12 heteroatoms. The molecule has 144 valence electrons. The van der Waals surface area contributed by atoms with E-state index in [2.05, 4.69) is 16.0 Å². The number of methoxy groups -OCH3 is 1. The van der Waals surface area contributed by atoms with Crippen LogP contribution in [0.3, 0.4) is 0 Å². The van der Waals surface area contributed by atoms with Gasteiger partial charge in [0.25, 0.3) is 5.69 Å². The number of nitrogens with one attached hydrogen (secondary N) is 3. The molecule has 0 unspecified atom stereocenters. The standard InChI is InChI=1S/C14H17Cl3N4O4S/c1-7(2)11(22)19-12(14(15,16)17)20-13(26)18-9-5-4-8(25-3)6-10(9)21(23)24/h4-7,12H,1-3H3,(H,19,22)(H2,18,20,26)/t12-/m1/s1. The van der Waals surface area contributed by atoms with Gasteiger partial charge in [0, 0.05) is 5.92 Å². The molecule has 1 aromatic carbocycles. The summed E-state index contributed by atoms with van der Waals surface area (Å²) in [6.45, 7) is 3.34. The van der Waals surface area contributed by atoms with Crippen molar-refractivity contribution in [3.63, 3.8) is 0 Å². The van der Waals surface area contributed by atoms with Crippen LogP contribution in [0.4, 0.5) is 11.4 Å². The van der Waals surface area contributed by atoms with Crippen LogP contribution < -0.4 is 20.7 Å². The van der Waals surface area contributed by atoms with Gasteiger partial charge in [0.1, 0.15) is 17.6 Å². The quantitative estimate of drug-likeness (QED) is 0.203. The van der Waals surface area contributed by atoms with Gasteiger partial charge in [-0.15, -0.1) is 0 Å². The van der Waals surface area contributed by atoms with Crippen molar-refractivity contribution in [2.75, 3.05) is 12.4 Å². The summed E-state index contributed by atoms with van der Waals surface area (Å²) in [6.07, 6.45) is -1.15. The molecule has 0 aliphatic carbocycles. The van der Waals surface area contributed by atoms with Crippen LogP contribution in [0.1, 0.15) is 13.8 Å². The van der Waals surface area contributed by atoms with E-state index in [1.54, 1.807) is 13.8 Å². The summed E-state index contributed by atoms with van der Waals surface area (Å²) in [5.41, 5.74) is -0.156. The van der Waals surface area contributed by atoms with E-state index in [9.17, 15) is 14.9 Å². The van der Waals surface area contributed by atoms with Crippen LogP contribution in [0.2, 0.25) is 0 Å². The Morgan fingerprint density at radius 1 is 1.31 bits per heavy atom. The number of nitro groups is 1. The van der Waals surface area contributed by atoms with Crippen molar-refractivity contribution < 1.29 is 14.5 Å². The first-order valence-corrected chi connectivity index (χ1v) is 8.77. The van der Waals surface area contributed by atoms with Gasteiger partial charge in [0.15, 0.2) is 5.11 Å². The Bertz CT molecular complexity index is 697. The second-order valence-electron chi connectivity index (χ2n) is 5.38. The summed E-state index contributed by atoms with van der Waals surface area (Å²) in [7, 11) is 1.39. The fourth-order valence-corrected chi connectivity index (χ4v) is 2.25. The summed E-state index contributed by atoms with van der Waals surface area (Å²) in [5.74, 6) is -0.410. The molecule has 3 N–H and O–H groups in total. The molecule has 26 heavy (non-hydrogen) atoms. The molecule has 0 aromatic heterocycles. The molecular weight excluding hydrogens is 427 g/mol. The number of nitrogens with zero attached hydrogens (tertiary/aromatic N) is 1. The SMILES string of the molecule is COc1ccc(NC(=S)N[C@@H](NC(=O)C(C)C)C(Cl)(Cl)Cl)c([N+](=O)[O-])c1. The minimum absolute atomic E-state index is 0.0846. The van der Waals surface area contributed by atoms with Gasteiger partial charge in [-0.3, -0.25) is 14.9 Å². The van der Waals surface area contributed by atoms with Crippen molar-refractivity contribution in [3.8, 4) is 5.75 Å². The zero-order valence-corrected chi connectivity index (χ0v) is 17.1. The van der Waals surface area contributed by atoms with Crippen LogP contribution in [0.25, 0.3) is 0 Å². The molecule has 0 spiro atoms. The maximum Gasteiger partial charge on any atom is 0.296 e. The molecule has 0 bridgehead atoms. The smallest absolute Gasteiger partial charge is 0.296 e. The van der Waals surface area contributed by atoms with Gasteiger partial charge in [0.05, 0.1) is 18.1 Å². The molecule has 0 saturated heterocycles. The van der Waals surface area contributed by atoms with Crippen LogP contribution in [-0.4, -0.2) is 33.0 Å². The number of nitro benzene ring substituents is 1. The lowest BCUT2D eigenvalue weighted by molar-refractivity contribution is -0.384. The Kier molecular flexibility index (Phi) is 8.14. The van der Waals surface area contributed by atoms with Crippen LogP contribution in [0.5, 0.6) is 5.75 Å². The van der Waals surface area contributed by atoms with Crippen molar-refractivity contribution in [2.45, 2.75) is 23.8 Å². The van der Waals surface area contributed by atoms with Crippen LogP contribution in [0, 0.1) is 16.0 Å². The third-order valence-electron chi connectivity index (χ3n) is 3.06. The van der Waals surface area contributed by atoms with Gasteiger partial charge in [0.2, 0.25) is 9.70 Å². The normalized spacial score (nSPS) is 12.3. The maximum atomic E-state index is 11.9. The number of hydrogen-bond donors (Lipinski definition) is 3. The van der Waals surface area contributed by atoms with Crippen LogP contribution >= 0.6 is 47.0 Å². The lowest BCUT2D eigenvalue weighted by atomic mass is 10.2. The molecule has 0 radical (unpaired) electrons. The number of carbonyl (C=O) groups is 1. The summed E-state index contributed by atoms with van der Waals surface area (Å²) in [5, 5.41) is 18.9. The van der Waals surface area contributed by atoms with Gasteiger partial charge < -0.3 is 20.7 Å². The van der Waals surface area contributed by atoms with E-state index in [1.807, 2.05) is 0 Å². The monoisotopic (exact) mass is 442 g/mol. The third kappa shape index (κ3) is 6.64. The van der Waals surface area contributed by atoms with Gasteiger partial charge in [-0.05, 0) is 24.4 Å². The van der Waals surface area contributed by atoms with Gasteiger partial charge >= 0.3 is 0 Å². The predicted octanol–water partition coefficient (Wildman–Crippen LogP) is 3.36. The zero-order valence-electron chi connectivity index (χ0n) is 14.0. The number of hydrogen-bond acceptors (Lipinski definition) is 5. The summed E-state index contributed by atoms with van der Waals surface area (Å²) < 4.78 is 3.05. The van der Waals surface area contributed by atoms with Crippen molar-refractivity contribution in [3.05, 3.63) is 28.3 Å². The van der Waals surface area contributed by atoms with Crippen LogP contribution in [0.15, 0.2) is 18.2 Å². The number of amides is 1. The number of thiocarbonyl (C=S) groups is 1. The molecule has 0 saturated carbocycles. The van der Waals surface area contributed by atoms with E-state index in [1.165, 1.54) is 25.3 Å². The second-order valence-corrected chi connectivity index (χ2v) is 8.15. The number of alkyl halides is 3. The fraction of sp³-hybridized carbons (Fsp3) is 0.429. The first-order valence-electron chi connectivity index (χ1n) is 7.22. The molecule has 1 atom stereocenters. The number of benzene rings is 1.